The molecule has 5 aromatic rings. The topological polar surface area (TPSA) is 181 Å². The van der Waals surface area contributed by atoms with Gasteiger partial charge in [-0.3, -0.25) is 33.5 Å². The van der Waals surface area contributed by atoms with Crippen LogP contribution in [0.3, 0.4) is 0 Å². The van der Waals surface area contributed by atoms with Crippen LogP contribution in [-0.4, -0.2) is 72.2 Å². The van der Waals surface area contributed by atoms with Crippen molar-refractivity contribution in [3.8, 4) is 0 Å². The normalized spacial score (nSPS) is 23.0. The van der Waals surface area contributed by atoms with E-state index in [4.69, 9.17) is 14.2 Å². The lowest BCUT2D eigenvalue weighted by atomic mass is 10.0. The second-order valence-corrected chi connectivity index (χ2v) is 13.2. The number of hydrogen-bond acceptors (Lipinski definition) is 10. The molecule has 14 nitrogen and oxygen atoms in total. The van der Waals surface area contributed by atoms with E-state index in [1.165, 1.54) is 6.20 Å². The Morgan fingerprint density at radius 2 is 1.21 bits per heavy atom. The summed E-state index contributed by atoms with van der Waals surface area (Å²) in [7, 11) is 0. The molecule has 6 atom stereocenters. The molecule has 8 rings (SSSR count). The van der Waals surface area contributed by atoms with Crippen molar-refractivity contribution >= 4 is 23.5 Å². The van der Waals surface area contributed by atoms with Gasteiger partial charge in [-0.1, -0.05) is 60.7 Å². The van der Waals surface area contributed by atoms with Crippen molar-refractivity contribution in [3.05, 3.63) is 152 Å². The predicted molar refractivity (Wildman–Crippen MR) is 185 cm³/mol. The number of rotatable bonds is 10. The van der Waals surface area contributed by atoms with Crippen molar-refractivity contribution in [2.45, 2.75) is 62.3 Å². The molecule has 3 aliphatic rings. The van der Waals surface area contributed by atoms with Crippen LogP contribution in [0.5, 0.6) is 0 Å². The summed E-state index contributed by atoms with van der Waals surface area (Å²) >= 11 is 0. The molecule has 14 heteroatoms. The third kappa shape index (κ3) is 6.05. The number of esters is 2. The summed E-state index contributed by atoms with van der Waals surface area (Å²) in [6.45, 7) is 0.0901. The first-order valence-electron chi connectivity index (χ1n) is 17.3. The minimum absolute atomic E-state index is 0.189. The number of aliphatic hydroxyl groups excluding tert-OH is 1. The Balaban J connectivity index is 1.07. The molecule has 270 valence electrons. The first kappa shape index (κ1) is 34.0. The number of aliphatic hydroxyl groups is 1. The number of carbonyl (C=O) groups excluding carboxylic acids is 4. The number of nitrogens with one attached hydrogen (secondary N) is 1. The largest absolute Gasteiger partial charge is 0.455 e. The highest BCUT2D eigenvalue weighted by Crippen LogP contribution is 2.39. The summed E-state index contributed by atoms with van der Waals surface area (Å²) in [4.78, 5) is 81.4. The summed E-state index contributed by atoms with van der Waals surface area (Å²) in [5.41, 5.74) is 1.47. The van der Waals surface area contributed by atoms with Crippen LogP contribution in [0.25, 0.3) is 0 Å². The third-order valence-electron chi connectivity index (χ3n) is 10.2. The summed E-state index contributed by atoms with van der Waals surface area (Å²) in [6, 6.07) is 25.4. The third-order valence-corrected chi connectivity index (χ3v) is 10.2. The van der Waals surface area contributed by atoms with E-state index >= 15 is 0 Å². The molecule has 0 aliphatic carbocycles. The number of fused-ring (bicyclic) bond motifs is 2. The maximum Gasteiger partial charge on any atom is 0.330 e. The minimum atomic E-state index is -1.43. The highest BCUT2D eigenvalue weighted by atomic mass is 16.6. The fourth-order valence-electron chi connectivity index (χ4n) is 7.64. The van der Waals surface area contributed by atoms with Crippen LogP contribution < -0.4 is 11.2 Å². The van der Waals surface area contributed by atoms with Gasteiger partial charge in [0.05, 0.1) is 29.8 Å². The molecule has 2 unspecified atom stereocenters. The molecule has 2 N–H and O–H groups in total. The van der Waals surface area contributed by atoms with Gasteiger partial charge in [0.15, 0.2) is 18.4 Å². The van der Waals surface area contributed by atoms with Crippen LogP contribution in [0.4, 0.5) is 0 Å². The number of benzene rings is 2. The molecular weight excluding hydrogens is 684 g/mol. The molecule has 3 aliphatic heterocycles. The Morgan fingerprint density at radius 3 is 1.70 bits per heavy atom. The molecule has 0 saturated carbocycles. The van der Waals surface area contributed by atoms with Crippen molar-refractivity contribution < 1.29 is 38.5 Å². The van der Waals surface area contributed by atoms with Gasteiger partial charge in [-0.25, -0.2) is 4.79 Å². The lowest BCUT2D eigenvalue weighted by Crippen LogP contribution is -2.43. The molecule has 0 spiro atoms. The number of carbonyl (C=O) groups is 4. The lowest BCUT2D eigenvalue weighted by Gasteiger charge is -2.26. The van der Waals surface area contributed by atoms with E-state index in [1.807, 2.05) is 12.1 Å². The van der Waals surface area contributed by atoms with Gasteiger partial charge >= 0.3 is 17.6 Å². The van der Waals surface area contributed by atoms with E-state index in [0.29, 0.717) is 59.8 Å². The van der Waals surface area contributed by atoms with Crippen molar-refractivity contribution in [1.29, 1.82) is 0 Å². The summed E-state index contributed by atoms with van der Waals surface area (Å²) < 4.78 is 22.7. The van der Waals surface area contributed by atoms with E-state index in [-0.39, 0.29) is 11.6 Å². The summed E-state index contributed by atoms with van der Waals surface area (Å²) in [6.07, 6.45) is -3.57. The maximum atomic E-state index is 14.0. The van der Waals surface area contributed by atoms with Crippen LogP contribution in [0, 0.1) is 0 Å². The average Bonchev–Trinajstić information content (AvgIpc) is 4.00. The monoisotopic (exact) mass is 718 g/mol. The zero-order valence-corrected chi connectivity index (χ0v) is 28.2. The summed E-state index contributed by atoms with van der Waals surface area (Å²) in [5, 5.41) is 10.4. The van der Waals surface area contributed by atoms with Gasteiger partial charge in [-0.2, -0.15) is 0 Å². The first-order chi connectivity index (χ1) is 25.7. The fraction of sp³-hybridized carbons (Fsp3) is 0.282. The van der Waals surface area contributed by atoms with Crippen molar-refractivity contribution in [2.24, 2.45) is 0 Å². The first-order valence-corrected chi connectivity index (χ1v) is 17.3. The minimum Gasteiger partial charge on any atom is -0.455 e. The van der Waals surface area contributed by atoms with Crippen molar-refractivity contribution in [3.63, 3.8) is 0 Å². The van der Waals surface area contributed by atoms with E-state index in [9.17, 15) is 33.9 Å². The van der Waals surface area contributed by atoms with E-state index in [2.05, 4.69) is 4.98 Å². The Kier molecular flexibility index (Phi) is 8.84. The maximum absolute atomic E-state index is 14.0. The van der Waals surface area contributed by atoms with Crippen molar-refractivity contribution in [1.82, 2.24) is 18.7 Å². The van der Waals surface area contributed by atoms with Gasteiger partial charge in [-0.15, -0.1) is 0 Å². The van der Waals surface area contributed by atoms with Crippen LogP contribution in [0.1, 0.15) is 74.4 Å². The smallest absolute Gasteiger partial charge is 0.330 e. The molecule has 0 bridgehead atoms. The number of hydrogen-bond donors (Lipinski definition) is 2. The Hall–Kier alpha value is -6.12. The van der Waals surface area contributed by atoms with Crippen LogP contribution >= 0.6 is 0 Å². The predicted octanol–water partition coefficient (Wildman–Crippen LogP) is 2.69. The number of nitrogens with zero attached hydrogens (tertiary/aromatic N) is 3. The van der Waals surface area contributed by atoms with Crippen LogP contribution in [-0.2, 0) is 36.9 Å². The highest BCUT2D eigenvalue weighted by molar-refractivity contribution is 6.09. The Morgan fingerprint density at radius 1 is 0.698 bits per heavy atom. The number of H-pyrrole nitrogens is 1. The number of aromatic nitrogens is 4. The van der Waals surface area contributed by atoms with Gasteiger partial charge in [0, 0.05) is 47.9 Å². The number of ketones is 2. The van der Waals surface area contributed by atoms with E-state index in [0.717, 1.165) is 10.6 Å². The van der Waals surface area contributed by atoms with E-state index < -0.39 is 66.2 Å². The summed E-state index contributed by atoms with van der Waals surface area (Å²) in [5.74, 6) is -3.37. The van der Waals surface area contributed by atoms with Crippen LogP contribution in [0.2, 0.25) is 0 Å². The Bertz CT molecular complexity index is 2340. The molecule has 2 aromatic carbocycles. The fourth-order valence-corrected chi connectivity index (χ4v) is 7.64. The van der Waals surface area contributed by atoms with Crippen molar-refractivity contribution in [2.75, 3.05) is 6.61 Å². The van der Waals surface area contributed by atoms with Gasteiger partial charge < -0.3 is 28.5 Å². The zero-order valence-electron chi connectivity index (χ0n) is 28.2. The van der Waals surface area contributed by atoms with Crippen LogP contribution in [0.15, 0.2) is 107 Å². The molecule has 0 amide bonds. The second-order valence-electron chi connectivity index (χ2n) is 13.2. The average molecular weight is 719 g/mol. The highest BCUT2D eigenvalue weighted by Gasteiger charge is 2.52. The van der Waals surface area contributed by atoms with E-state index in [1.54, 1.807) is 81.9 Å². The number of aromatic amines is 1. The van der Waals surface area contributed by atoms with Gasteiger partial charge in [-0.05, 0) is 37.1 Å². The molecule has 0 radical (unpaired) electrons. The molecule has 3 aromatic heterocycles. The molecule has 53 heavy (non-hydrogen) atoms. The second kappa shape index (κ2) is 13.8. The molecule has 1 saturated heterocycles. The SMILES string of the molecule is O=C(c1ccccc1)c1ccc2n1CCC2C(=O)O[C@@H]1[C@H](OC(=O)C2CCn3c(C(=O)c4ccccc4)ccc32)[C@@H](CO)O[C@H]1n1ccc(=O)[nH]c1=O. The quantitative estimate of drug-likeness (QED) is 0.161. The Labute approximate surface area is 301 Å². The lowest BCUT2D eigenvalue weighted by molar-refractivity contribution is -0.170. The van der Waals surface area contributed by atoms with Gasteiger partial charge in [0.1, 0.15) is 6.10 Å². The van der Waals surface area contributed by atoms with Gasteiger partial charge in [0.25, 0.3) is 5.56 Å². The van der Waals surface area contributed by atoms with Gasteiger partial charge in [0.2, 0.25) is 11.6 Å². The molecule has 6 heterocycles. The number of ether oxygens (including phenoxy) is 3. The molecule has 1 fully saturated rings. The molecular formula is C39H34N4O10. The zero-order chi connectivity index (χ0) is 36.8. The standard InChI is InChI=1S/C39H34N4O10/c44-21-30-34(52-37(48)24-15-18-41-26(24)11-13-28(41)32(46)22-7-3-1-4-8-22)35(36(51-30)43-20-17-31(45)40-39(43)50)53-38(49)25-16-19-42-27(25)12-14-29(42)33(47)23-9-5-2-6-10-23/h1-14,17,20,24-25,30,34-36,44H,15-16,18-19,21H2,(H,40,45,50)/t24?,25?,30-,34-,35-,36-/m1/s1.